The Kier molecular flexibility index (Phi) is 4.38. The lowest BCUT2D eigenvalue weighted by Gasteiger charge is -2.10. The van der Waals surface area contributed by atoms with Crippen LogP contribution in [-0.2, 0) is 5.41 Å². The van der Waals surface area contributed by atoms with Crippen LogP contribution in [0, 0.1) is 11.6 Å². The highest BCUT2D eigenvalue weighted by Gasteiger charge is 2.43. The van der Waals surface area contributed by atoms with Crippen LogP contribution in [0.15, 0.2) is 35.2 Å². The van der Waals surface area contributed by atoms with Gasteiger partial charge in [-0.25, -0.2) is 23.5 Å². The van der Waals surface area contributed by atoms with Gasteiger partial charge >= 0.3 is 6.03 Å². The van der Waals surface area contributed by atoms with Crippen LogP contribution in [0.5, 0.6) is 0 Å². The van der Waals surface area contributed by atoms with E-state index in [9.17, 15) is 13.6 Å². The summed E-state index contributed by atoms with van der Waals surface area (Å²) in [5.74, 6) is -0.799. The maximum atomic E-state index is 15.0. The molecule has 0 saturated heterocycles. The topological polar surface area (TPSA) is 124 Å². The number of hydrogen-bond donors (Lipinski definition) is 3. The van der Waals surface area contributed by atoms with E-state index in [1.165, 1.54) is 6.33 Å². The molecule has 0 atom stereocenters. The van der Waals surface area contributed by atoms with Crippen molar-refractivity contribution in [1.29, 1.82) is 0 Å². The molecule has 11 heteroatoms. The third kappa shape index (κ3) is 3.44. The number of urea groups is 1. The fourth-order valence-electron chi connectivity index (χ4n) is 4.12. The Labute approximate surface area is 192 Å². The average Bonchev–Trinajstić information content (AvgIpc) is 3.69. The Bertz CT molecular complexity index is 1430. The van der Waals surface area contributed by atoms with Gasteiger partial charge in [0, 0.05) is 29.3 Å². The van der Waals surface area contributed by atoms with E-state index in [1.807, 2.05) is 11.5 Å². The van der Waals surface area contributed by atoms with Crippen molar-refractivity contribution in [2.75, 3.05) is 16.4 Å². The number of fused-ring (bicyclic) bond motifs is 1. The molecule has 0 bridgehead atoms. The molecule has 2 aliphatic carbocycles. The highest BCUT2D eigenvalue weighted by Crippen LogP contribution is 2.48. The monoisotopic (exact) mass is 465 g/mol. The predicted molar refractivity (Wildman–Crippen MR) is 121 cm³/mol. The zero-order valence-corrected chi connectivity index (χ0v) is 18.2. The van der Waals surface area contributed by atoms with Crippen LogP contribution in [0.25, 0.3) is 22.2 Å². The molecule has 9 nitrogen and oxygen atoms in total. The number of nitrogens with two attached hydrogens (primary N) is 1. The number of amides is 2. The molecule has 2 saturated carbocycles. The number of nitrogens with zero attached hydrogens (tertiary/aromatic N) is 4. The molecule has 4 aromatic rings. The lowest BCUT2D eigenvalue weighted by Crippen LogP contribution is -2.21. The third-order valence-electron chi connectivity index (χ3n) is 6.52. The van der Waals surface area contributed by atoms with E-state index >= 15 is 0 Å². The van der Waals surface area contributed by atoms with Gasteiger partial charge in [0.15, 0.2) is 5.82 Å². The van der Waals surface area contributed by atoms with Crippen LogP contribution in [0.1, 0.15) is 44.4 Å². The Hall–Kier alpha value is -4.02. The summed E-state index contributed by atoms with van der Waals surface area (Å²) in [4.78, 5) is 20.7. The Morgan fingerprint density at radius 3 is 2.59 bits per heavy atom. The highest BCUT2D eigenvalue weighted by molar-refractivity contribution is 6.02. The maximum absolute atomic E-state index is 15.0. The van der Waals surface area contributed by atoms with Crippen molar-refractivity contribution in [3.63, 3.8) is 0 Å². The maximum Gasteiger partial charge on any atom is 0.325 e. The van der Waals surface area contributed by atoms with Crippen molar-refractivity contribution in [1.82, 2.24) is 19.7 Å². The first-order valence-electron chi connectivity index (χ1n) is 11.0. The van der Waals surface area contributed by atoms with Crippen molar-refractivity contribution >= 4 is 34.4 Å². The van der Waals surface area contributed by atoms with E-state index in [2.05, 4.69) is 25.8 Å². The summed E-state index contributed by atoms with van der Waals surface area (Å²) in [5, 5.41) is 9.00. The fourth-order valence-corrected chi connectivity index (χ4v) is 4.12. The quantitative estimate of drug-likeness (QED) is 0.382. The molecule has 0 aliphatic heterocycles. The van der Waals surface area contributed by atoms with Gasteiger partial charge in [-0.05, 0) is 43.4 Å². The lowest BCUT2D eigenvalue weighted by atomic mass is 10.0. The number of nitrogens with one attached hydrogen (secondary N) is 2. The summed E-state index contributed by atoms with van der Waals surface area (Å²) < 4.78 is 37.1. The number of benzene rings is 1. The van der Waals surface area contributed by atoms with E-state index in [-0.39, 0.29) is 28.7 Å². The second kappa shape index (κ2) is 7.24. The first-order valence-corrected chi connectivity index (χ1v) is 11.0. The molecule has 3 aromatic heterocycles. The van der Waals surface area contributed by atoms with Gasteiger partial charge in [-0.2, -0.15) is 0 Å². The Morgan fingerprint density at radius 2 is 1.91 bits per heavy atom. The average molecular weight is 465 g/mol. The van der Waals surface area contributed by atoms with Gasteiger partial charge < -0.3 is 20.1 Å². The molecular weight excluding hydrogens is 444 g/mol. The smallest absolute Gasteiger partial charge is 0.325 e. The van der Waals surface area contributed by atoms with Gasteiger partial charge in [-0.1, -0.05) is 12.1 Å². The summed E-state index contributed by atoms with van der Waals surface area (Å²) in [5.41, 5.74) is 6.86. The summed E-state index contributed by atoms with van der Waals surface area (Å²) >= 11 is 0. The van der Waals surface area contributed by atoms with Gasteiger partial charge in [0.2, 0.25) is 0 Å². The van der Waals surface area contributed by atoms with Crippen molar-refractivity contribution in [2.45, 2.75) is 44.1 Å². The van der Waals surface area contributed by atoms with Crippen LogP contribution in [0.3, 0.4) is 0 Å². The van der Waals surface area contributed by atoms with E-state index in [0.717, 1.165) is 37.8 Å². The summed E-state index contributed by atoms with van der Waals surface area (Å²) in [6.45, 7) is 2.03. The van der Waals surface area contributed by atoms with E-state index < -0.39 is 23.4 Å². The third-order valence-corrected chi connectivity index (χ3v) is 6.52. The van der Waals surface area contributed by atoms with E-state index in [1.54, 1.807) is 12.3 Å². The number of nitrogen functional groups attached to an aromatic ring is 1. The summed E-state index contributed by atoms with van der Waals surface area (Å²) in [6.07, 6.45) is 7.13. The minimum absolute atomic E-state index is 0.0610. The molecule has 6 rings (SSSR count). The number of rotatable bonds is 5. The fraction of sp³-hybridized carbons (Fsp3) is 0.304. The van der Waals surface area contributed by atoms with Gasteiger partial charge in [0.05, 0.1) is 5.39 Å². The zero-order valence-electron chi connectivity index (χ0n) is 18.2. The van der Waals surface area contributed by atoms with Crippen molar-refractivity contribution < 1.29 is 18.1 Å². The van der Waals surface area contributed by atoms with Crippen molar-refractivity contribution in [3.05, 3.63) is 48.1 Å². The normalized spacial score (nSPS) is 16.6. The Morgan fingerprint density at radius 1 is 1.18 bits per heavy atom. The number of hydrogen-bond acceptors (Lipinski definition) is 6. The first-order chi connectivity index (χ1) is 16.3. The molecule has 34 heavy (non-hydrogen) atoms. The molecule has 4 N–H and O–H groups in total. The van der Waals surface area contributed by atoms with Gasteiger partial charge in [-0.3, -0.25) is 5.32 Å². The minimum Gasteiger partial charge on any atom is -0.383 e. The molecule has 0 spiro atoms. The van der Waals surface area contributed by atoms with Crippen LogP contribution in [-0.4, -0.2) is 25.7 Å². The molecule has 0 radical (unpaired) electrons. The van der Waals surface area contributed by atoms with Crippen LogP contribution in [0.2, 0.25) is 0 Å². The predicted octanol–water partition coefficient (Wildman–Crippen LogP) is 4.98. The molecule has 2 fully saturated rings. The molecule has 1 aromatic carbocycles. The number of anilines is 3. The molecular formula is C23H21F2N7O2. The highest BCUT2D eigenvalue weighted by atomic mass is 19.1. The summed E-state index contributed by atoms with van der Waals surface area (Å²) in [6, 6.07) is 3.36. The largest absolute Gasteiger partial charge is 0.383 e. The second-order valence-electron chi connectivity index (χ2n) is 9.17. The van der Waals surface area contributed by atoms with E-state index in [0.29, 0.717) is 22.4 Å². The van der Waals surface area contributed by atoms with Gasteiger partial charge in [0.1, 0.15) is 40.9 Å². The molecule has 174 valence electrons. The SMILES string of the molecule is CC1(c2cc(NC(=O)Nc3c(F)cc(-c4cn(C5CC5)c5ncnc(N)c45)cc3F)no2)CC1. The zero-order chi connectivity index (χ0) is 23.6. The number of aromatic nitrogens is 4. The Balaban J connectivity index is 1.28. The first kappa shape index (κ1) is 20.6. The minimum atomic E-state index is -0.931. The van der Waals surface area contributed by atoms with Crippen LogP contribution in [0.4, 0.5) is 30.9 Å². The van der Waals surface area contributed by atoms with Crippen molar-refractivity contribution in [3.8, 4) is 11.1 Å². The number of carbonyl (C=O) groups excluding carboxylic acids is 1. The van der Waals surface area contributed by atoms with Gasteiger partial charge in [-0.15, -0.1) is 0 Å². The second-order valence-corrected chi connectivity index (χ2v) is 9.17. The summed E-state index contributed by atoms with van der Waals surface area (Å²) in [7, 11) is 0. The number of carbonyl (C=O) groups is 1. The van der Waals surface area contributed by atoms with Crippen molar-refractivity contribution in [2.24, 2.45) is 0 Å². The molecule has 2 aliphatic rings. The standard InChI is InChI=1S/C23H21F2N7O2/c1-23(4-5-23)16-8-17(31-34-16)29-22(33)30-19-14(24)6-11(7-15(19)25)13-9-32(12-2-3-12)21-18(13)20(26)27-10-28-21/h6-10,12H,2-5H2,1H3,(H2,26,27,28)(H2,29,30,31,33). The molecule has 2 amide bonds. The van der Waals surface area contributed by atoms with Crippen LogP contribution >= 0.6 is 0 Å². The van der Waals surface area contributed by atoms with E-state index in [4.69, 9.17) is 10.3 Å². The van der Waals surface area contributed by atoms with Crippen LogP contribution < -0.4 is 16.4 Å². The molecule has 3 heterocycles. The lowest BCUT2D eigenvalue weighted by molar-refractivity contribution is 0.261. The number of halogens is 2. The van der Waals surface area contributed by atoms with Gasteiger partial charge in [0.25, 0.3) is 0 Å². The molecule has 0 unspecified atom stereocenters.